The highest BCUT2D eigenvalue weighted by Gasteiger charge is 2.11. The Labute approximate surface area is 83.8 Å². The SMILES string of the molecule is CCCc1sc(C=O)c(C)c1CC. The largest absolute Gasteiger partial charge is 0.297 e. The maximum absolute atomic E-state index is 10.7. The first kappa shape index (κ1) is 10.5. The number of rotatable bonds is 4. The summed E-state index contributed by atoms with van der Waals surface area (Å²) in [5, 5.41) is 0. The first-order valence-electron chi connectivity index (χ1n) is 4.80. The van der Waals surface area contributed by atoms with E-state index in [9.17, 15) is 4.79 Å². The van der Waals surface area contributed by atoms with E-state index in [-0.39, 0.29) is 0 Å². The van der Waals surface area contributed by atoms with Crippen molar-refractivity contribution in [3.05, 3.63) is 20.9 Å². The molecule has 0 fully saturated rings. The van der Waals surface area contributed by atoms with Crippen molar-refractivity contribution in [1.29, 1.82) is 0 Å². The van der Waals surface area contributed by atoms with Crippen LogP contribution in [0.2, 0.25) is 0 Å². The van der Waals surface area contributed by atoms with Crippen LogP contribution in [0.25, 0.3) is 0 Å². The molecule has 0 saturated carbocycles. The third-order valence-electron chi connectivity index (χ3n) is 2.33. The molecular weight excluding hydrogens is 180 g/mol. The summed E-state index contributed by atoms with van der Waals surface area (Å²) in [6.07, 6.45) is 4.30. The minimum Gasteiger partial charge on any atom is -0.297 e. The van der Waals surface area contributed by atoms with Gasteiger partial charge in [0.25, 0.3) is 0 Å². The second kappa shape index (κ2) is 4.56. The number of aryl methyl sites for hydroxylation is 1. The zero-order valence-electron chi connectivity index (χ0n) is 8.52. The Kier molecular flexibility index (Phi) is 3.67. The third kappa shape index (κ3) is 1.99. The average Bonchev–Trinajstić information content (AvgIpc) is 2.43. The van der Waals surface area contributed by atoms with E-state index in [0.29, 0.717) is 0 Å². The number of thiophene rings is 1. The summed E-state index contributed by atoms with van der Waals surface area (Å²) in [5.74, 6) is 0. The molecule has 0 unspecified atom stereocenters. The molecule has 0 bridgehead atoms. The van der Waals surface area contributed by atoms with E-state index in [0.717, 1.165) is 30.4 Å². The molecule has 0 atom stereocenters. The number of carbonyl (C=O) groups excluding carboxylic acids is 1. The summed E-state index contributed by atoms with van der Waals surface area (Å²) in [6, 6.07) is 0. The predicted molar refractivity (Wildman–Crippen MR) is 57.8 cm³/mol. The molecule has 0 aromatic carbocycles. The number of aldehydes is 1. The van der Waals surface area contributed by atoms with Crippen molar-refractivity contribution in [1.82, 2.24) is 0 Å². The van der Waals surface area contributed by atoms with Crippen molar-refractivity contribution in [2.75, 3.05) is 0 Å². The van der Waals surface area contributed by atoms with Gasteiger partial charge < -0.3 is 0 Å². The maximum atomic E-state index is 10.7. The normalized spacial score (nSPS) is 10.4. The first-order chi connectivity index (χ1) is 6.24. The minimum absolute atomic E-state index is 0.917. The van der Waals surface area contributed by atoms with E-state index in [1.54, 1.807) is 11.3 Å². The van der Waals surface area contributed by atoms with Crippen LogP contribution in [0.3, 0.4) is 0 Å². The van der Waals surface area contributed by atoms with Crippen molar-refractivity contribution in [3.63, 3.8) is 0 Å². The molecule has 2 heteroatoms. The Hall–Kier alpha value is -0.630. The second-order valence-corrected chi connectivity index (χ2v) is 4.35. The van der Waals surface area contributed by atoms with Crippen molar-refractivity contribution in [2.24, 2.45) is 0 Å². The fourth-order valence-electron chi connectivity index (χ4n) is 1.63. The standard InChI is InChI=1S/C11H16OS/c1-4-6-10-9(5-2)8(3)11(7-12)13-10/h7H,4-6H2,1-3H3. The van der Waals surface area contributed by atoms with Gasteiger partial charge in [-0.15, -0.1) is 11.3 Å². The summed E-state index contributed by atoms with van der Waals surface area (Å²) in [7, 11) is 0. The molecular formula is C11H16OS. The molecule has 1 aromatic rings. The lowest BCUT2D eigenvalue weighted by molar-refractivity contribution is 0.112. The molecule has 0 saturated heterocycles. The van der Waals surface area contributed by atoms with E-state index >= 15 is 0 Å². The van der Waals surface area contributed by atoms with Crippen molar-refractivity contribution in [3.8, 4) is 0 Å². The summed E-state index contributed by atoms with van der Waals surface area (Å²) < 4.78 is 0. The zero-order chi connectivity index (χ0) is 9.84. The van der Waals surface area contributed by atoms with Crippen LogP contribution in [0.1, 0.15) is 45.9 Å². The van der Waals surface area contributed by atoms with Crippen LogP contribution in [0, 0.1) is 6.92 Å². The summed E-state index contributed by atoms with van der Waals surface area (Å²) in [4.78, 5) is 13.0. The number of hydrogen-bond acceptors (Lipinski definition) is 2. The van der Waals surface area contributed by atoms with Gasteiger partial charge in [-0.2, -0.15) is 0 Å². The van der Waals surface area contributed by atoms with Gasteiger partial charge in [0.2, 0.25) is 0 Å². The zero-order valence-corrected chi connectivity index (χ0v) is 9.33. The van der Waals surface area contributed by atoms with Gasteiger partial charge in [-0.25, -0.2) is 0 Å². The summed E-state index contributed by atoms with van der Waals surface area (Å²) in [6.45, 7) is 6.39. The van der Waals surface area contributed by atoms with Crippen molar-refractivity contribution >= 4 is 17.6 Å². The quantitative estimate of drug-likeness (QED) is 0.675. The molecule has 0 aliphatic rings. The first-order valence-corrected chi connectivity index (χ1v) is 5.62. The molecule has 1 heterocycles. The Morgan fingerprint density at radius 1 is 1.38 bits per heavy atom. The molecule has 0 amide bonds. The minimum atomic E-state index is 0.917. The van der Waals surface area contributed by atoms with Gasteiger partial charge in [-0.3, -0.25) is 4.79 Å². The average molecular weight is 196 g/mol. The molecule has 1 rings (SSSR count). The van der Waals surface area contributed by atoms with Gasteiger partial charge in [-0.1, -0.05) is 20.3 Å². The lowest BCUT2D eigenvalue weighted by atomic mass is 10.1. The molecule has 13 heavy (non-hydrogen) atoms. The lowest BCUT2D eigenvalue weighted by Crippen LogP contribution is -1.88. The molecule has 0 N–H and O–H groups in total. The highest BCUT2D eigenvalue weighted by Crippen LogP contribution is 2.28. The van der Waals surface area contributed by atoms with Crippen LogP contribution in [-0.4, -0.2) is 6.29 Å². The highest BCUT2D eigenvalue weighted by atomic mass is 32.1. The van der Waals surface area contributed by atoms with Crippen LogP contribution < -0.4 is 0 Å². The molecule has 1 aromatic heterocycles. The van der Waals surface area contributed by atoms with E-state index in [4.69, 9.17) is 0 Å². The van der Waals surface area contributed by atoms with E-state index in [1.165, 1.54) is 16.0 Å². The van der Waals surface area contributed by atoms with Gasteiger partial charge in [0.1, 0.15) is 0 Å². The van der Waals surface area contributed by atoms with Gasteiger partial charge in [0.05, 0.1) is 4.88 Å². The van der Waals surface area contributed by atoms with E-state index in [1.807, 2.05) is 0 Å². The van der Waals surface area contributed by atoms with Crippen LogP contribution in [0.4, 0.5) is 0 Å². The Bertz CT molecular complexity index is 299. The molecule has 0 aliphatic carbocycles. The van der Waals surface area contributed by atoms with Crippen molar-refractivity contribution in [2.45, 2.75) is 40.0 Å². The van der Waals surface area contributed by atoms with E-state index < -0.39 is 0 Å². The molecule has 1 nitrogen and oxygen atoms in total. The fourth-order valence-corrected chi connectivity index (χ4v) is 2.95. The van der Waals surface area contributed by atoms with Gasteiger partial charge >= 0.3 is 0 Å². The Morgan fingerprint density at radius 2 is 2.08 bits per heavy atom. The van der Waals surface area contributed by atoms with E-state index in [2.05, 4.69) is 20.8 Å². The Morgan fingerprint density at radius 3 is 2.54 bits per heavy atom. The van der Waals surface area contributed by atoms with Gasteiger partial charge in [-0.05, 0) is 30.9 Å². The molecule has 72 valence electrons. The molecule has 0 radical (unpaired) electrons. The van der Waals surface area contributed by atoms with Crippen LogP contribution in [0.5, 0.6) is 0 Å². The van der Waals surface area contributed by atoms with Crippen LogP contribution >= 0.6 is 11.3 Å². The van der Waals surface area contributed by atoms with Crippen LogP contribution in [-0.2, 0) is 12.8 Å². The number of hydrogen-bond donors (Lipinski definition) is 0. The van der Waals surface area contributed by atoms with Crippen molar-refractivity contribution < 1.29 is 4.79 Å². The summed E-state index contributed by atoms with van der Waals surface area (Å²) in [5.41, 5.74) is 2.60. The number of carbonyl (C=O) groups is 1. The third-order valence-corrected chi connectivity index (χ3v) is 3.65. The fraction of sp³-hybridized carbons (Fsp3) is 0.545. The second-order valence-electron chi connectivity index (χ2n) is 3.21. The summed E-state index contributed by atoms with van der Waals surface area (Å²) >= 11 is 1.67. The Balaban J connectivity index is 3.11. The highest BCUT2D eigenvalue weighted by molar-refractivity contribution is 7.14. The smallest absolute Gasteiger partial charge is 0.160 e. The molecule has 0 spiro atoms. The maximum Gasteiger partial charge on any atom is 0.160 e. The lowest BCUT2D eigenvalue weighted by Gasteiger charge is -1.99. The topological polar surface area (TPSA) is 17.1 Å². The van der Waals surface area contributed by atoms with Crippen LogP contribution in [0.15, 0.2) is 0 Å². The predicted octanol–water partition coefficient (Wildman–Crippen LogP) is 3.38. The van der Waals surface area contributed by atoms with Gasteiger partial charge in [0.15, 0.2) is 6.29 Å². The monoisotopic (exact) mass is 196 g/mol. The molecule has 0 aliphatic heterocycles. The van der Waals surface area contributed by atoms with Gasteiger partial charge in [0, 0.05) is 4.88 Å².